The number of hydrogen-bond acceptors (Lipinski definition) is 5. The number of aromatic nitrogens is 2. The number of anilines is 2. The quantitative estimate of drug-likeness (QED) is 0.902. The van der Waals surface area contributed by atoms with Crippen molar-refractivity contribution in [2.24, 2.45) is 11.7 Å². The maximum absolute atomic E-state index is 12.9. The number of piperidine rings is 1. The van der Waals surface area contributed by atoms with Crippen molar-refractivity contribution in [2.75, 3.05) is 18.4 Å². The highest BCUT2D eigenvalue weighted by molar-refractivity contribution is 5.95. The van der Waals surface area contributed by atoms with Gasteiger partial charge in [0.1, 0.15) is 5.82 Å². The summed E-state index contributed by atoms with van der Waals surface area (Å²) in [6, 6.07) is 7.59. The Morgan fingerprint density at radius 3 is 3.04 bits per heavy atom. The van der Waals surface area contributed by atoms with Gasteiger partial charge in [-0.15, -0.1) is 0 Å². The first kappa shape index (κ1) is 16.4. The zero-order chi connectivity index (χ0) is 16.9. The Bertz CT molecular complexity index is 691. The predicted molar refractivity (Wildman–Crippen MR) is 94.0 cm³/mol. The number of amides is 1. The second-order valence-corrected chi connectivity index (χ2v) is 6.31. The Morgan fingerprint density at radius 1 is 1.42 bits per heavy atom. The van der Waals surface area contributed by atoms with Crippen LogP contribution in [0, 0.1) is 5.92 Å². The lowest BCUT2D eigenvalue weighted by atomic mass is 9.92. The molecule has 3 N–H and O–H groups in total. The smallest absolute Gasteiger partial charge is 0.254 e. The third-order valence-electron chi connectivity index (χ3n) is 4.46. The van der Waals surface area contributed by atoms with Crippen molar-refractivity contribution in [2.45, 2.75) is 25.8 Å². The Balaban J connectivity index is 1.76. The Labute approximate surface area is 142 Å². The van der Waals surface area contributed by atoms with Crippen LogP contribution >= 0.6 is 0 Å². The SMILES string of the molecule is CC1CCN(C(=O)c2cccc(Nc3cnccn3)c2)C(CN)C1. The number of nitrogens with one attached hydrogen (secondary N) is 1. The van der Waals surface area contributed by atoms with Gasteiger partial charge in [0.05, 0.1) is 6.20 Å². The number of likely N-dealkylation sites (tertiary alicyclic amines) is 1. The van der Waals surface area contributed by atoms with Gasteiger partial charge in [-0.05, 0) is 37.0 Å². The van der Waals surface area contributed by atoms with E-state index in [1.165, 1.54) is 0 Å². The van der Waals surface area contributed by atoms with Crippen LogP contribution in [-0.4, -0.2) is 39.9 Å². The maximum Gasteiger partial charge on any atom is 0.254 e. The van der Waals surface area contributed by atoms with E-state index < -0.39 is 0 Å². The fourth-order valence-electron chi connectivity index (χ4n) is 3.15. The third kappa shape index (κ3) is 3.71. The minimum Gasteiger partial charge on any atom is -0.339 e. The van der Waals surface area contributed by atoms with Crippen molar-refractivity contribution in [1.82, 2.24) is 14.9 Å². The van der Waals surface area contributed by atoms with Crippen LogP contribution in [0.3, 0.4) is 0 Å². The summed E-state index contributed by atoms with van der Waals surface area (Å²) in [6.07, 6.45) is 6.89. The average molecular weight is 325 g/mol. The van der Waals surface area contributed by atoms with E-state index in [1.807, 2.05) is 29.2 Å². The lowest BCUT2D eigenvalue weighted by Crippen LogP contribution is -2.49. The van der Waals surface area contributed by atoms with Crippen molar-refractivity contribution in [3.8, 4) is 0 Å². The molecule has 6 nitrogen and oxygen atoms in total. The molecule has 1 amide bonds. The van der Waals surface area contributed by atoms with Gasteiger partial charge in [-0.2, -0.15) is 0 Å². The highest BCUT2D eigenvalue weighted by atomic mass is 16.2. The first-order valence-electron chi connectivity index (χ1n) is 8.31. The van der Waals surface area contributed by atoms with Crippen LogP contribution in [0.2, 0.25) is 0 Å². The molecule has 1 fully saturated rings. The van der Waals surface area contributed by atoms with E-state index in [4.69, 9.17) is 5.73 Å². The van der Waals surface area contributed by atoms with Crippen LogP contribution in [0.5, 0.6) is 0 Å². The average Bonchev–Trinajstić information content (AvgIpc) is 2.62. The van der Waals surface area contributed by atoms with Gasteiger partial charge in [-0.25, -0.2) is 4.98 Å². The fourth-order valence-corrected chi connectivity index (χ4v) is 3.15. The van der Waals surface area contributed by atoms with Crippen molar-refractivity contribution in [1.29, 1.82) is 0 Å². The molecular formula is C18H23N5O. The first-order chi connectivity index (χ1) is 11.7. The number of benzene rings is 1. The molecule has 1 saturated heterocycles. The Morgan fingerprint density at radius 2 is 2.29 bits per heavy atom. The molecule has 2 unspecified atom stereocenters. The molecule has 2 atom stereocenters. The summed E-state index contributed by atoms with van der Waals surface area (Å²) in [5.74, 6) is 1.31. The molecule has 0 radical (unpaired) electrons. The van der Waals surface area contributed by atoms with E-state index in [0.29, 0.717) is 23.8 Å². The number of nitrogens with two attached hydrogens (primary N) is 1. The zero-order valence-electron chi connectivity index (χ0n) is 13.9. The molecule has 0 saturated carbocycles. The molecule has 126 valence electrons. The zero-order valence-corrected chi connectivity index (χ0v) is 13.9. The molecule has 24 heavy (non-hydrogen) atoms. The van der Waals surface area contributed by atoms with E-state index >= 15 is 0 Å². The maximum atomic E-state index is 12.9. The van der Waals surface area contributed by atoms with Gasteiger partial charge in [0, 0.05) is 42.8 Å². The normalized spacial score (nSPS) is 20.7. The van der Waals surface area contributed by atoms with E-state index in [0.717, 1.165) is 25.1 Å². The van der Waals surface area contributed by atoms with E-state index in [9.17, 15) is 4.79 Å². The van der Waals surface area contributed by atoms with Crippen molar-refractivity contribution in [3.05, 3.63) is 48.4 Å². The van der Waals surface area contributed by atoms with Gasteiger partial charge in [-0.1, -0.05) is 13.0 Å². The lowest BCUT2D eigenvalue weighted by molar-refractivity contribution is 0.0573. The van der Waals surface area contributed by atoms with Gasteiger partial charge in [-0.3, -0.25) is 9.78 Å². The summed E-state index contributed by atoms with van der Waals surface area (Å²) in [4.78, 5) is 23.0. The molecule has 0 aliphatic carbocycles. The number of rotatable bonds is 4. The highest BCUT2D eigenvalue weighted by Gasteiger charge is 2.29. The van der Waals surface area contributed by atoms with Gasteiger partial charge in [0.2, 0.25) is 0 Å². The number of carbonyl (C=O) groups excluding carboxylic acids is 1. The molecule has 2 aromatic rings. The summed E-state index contributed by atoms with van der Waals surface area (Å²) in [5, 5.41) is 3.17. The monoisotopic (exact) mass is 325 g/mol. The number of nitrogens with zero attached hydrogens (tertiary/aromatic N) is 3. The van der Waals surface area contributed by atoms with Crippen LogP contribution in [0.15, 0.2) is 42.9 Å². The molecule has 0 bridgehead atoms. The second kappa shape index (κ2) is 7.40. The molecule has 1 aromatic heterocycles. The highest BCUT2D eigenvalue weighted by Crippen LogP contribution is 2.24. The molecule has 2 heterocycles. The Hall–Kier alpha value is -2.47. The largest absolute Gasteiger partial charge is 0.339 e. The van der Waals surface area contributed by atoms with E-state index in [-0.39, 0.29) is 11.9 Å². The topological polar surface area (TPSA) is 84.1 Å². The molecule has 1 aliphatic heterocycles. The molecule has 6 heteroatoms. The van der Waals surface area contributed by atoms with Gasteiger partial charge < -0.3 is 16.0 Å². The summed E-state index contributed by atoms with van der Waals surface area (Å²) >= 11 is 0. The van der Waals surface area contributed by atoms with Crippen molar-refractivity contribution < 1.29 is 4.79 Å². The molecule has 0 spiro atoms. The second-order valence-electron chi connectivity index (χ2n) is 6.31. The van der Waals surface area contributed by atoms with Gasteiger partial charge >= 0.3 is 0 Å². The van der Waals surface area contributed by atoms with E-state index in [2.05, 4.69) is 22.2 Å². The standard InChI is InChI=1S/C18H23N5O/c1-13-5-8-23(16(9-13)11-19)18(24)14-3-2-4-15(10-14)22-17-12-20-6-7-21-17/h2-4,6-7,10,12-13,16H,5,8-9,11,19H2,1H3,(H,21,22). The summed E-state index contributed by atoms with van der Waals surface area (Å²) in [5.41, 5.74) is 7.36. The van der Waals surface area contributed by atoms with Gasteiger partial charge in [0.25, 0.3) is 5.91 Å². The summed E-state index contributed by atoms with van der Waals surface area (Å²) in [6.45, 7) is 3.49. The summed E-state index contributed by atoms with van der Waals surface area (Å²) < 4.78 is 0. The van der Waals surface area contributed by atoms with E-state index in [1.54, 1.807) is 18.6 Å². The number of carbonyl (C=O) groups is 1. The van der Waals surface area contributed by atoms with Gasteiger partial charge in [0.15, 0.2) is 0 Å². The molecular weight excluding hydrogens is 302 g/mol. The van der Waals surface area contributed by atoms with Crippen LogP contribution in [0.4, 0.5) is 11.5 Å². The van der Waals surface area contributed by atoms with Crippen LogP contribution in [0.1, 0.15) is 30.1 Å². The van der Waals surface area contributed by atoms with Crippen molar-refractivity contribution in [3.63, 3.8) is 0 Å². The predicted octanol–water partition coefficient (Wildman–Crippen LogP) is 2.42. The minimum absolute atomic E-state index is 0.0418. The summed E-state index contributed by atoms with van der Waals surface area (Å²) in [7, 11) is 0. The molecule has 1 aliphatic rings. The third-order valence-corrected chi connectivity index (χ3v) is 4.46. The van der Waals surface area contributed by atoms with Crippen LogP contribution in [0.25, 0.3) is 0 Å². The van der Waals surface area contributed by atoms with Crippen LogP contribution < -0.4 is 11.1 Å². The molecule has 1 aromatic carbocycles. The van der Waals surface area contributed by atoms with Crippen molar-refractivity contribution >= 4 is 17.4 Å². The molecule has 3 rings (SSSR count). The fraction of sp³-hybridized carbons (Fsp3) is 0.389. The lowest BCUT2D eigenvalue weighted by Gasteiger charge is -2.38. The number of hydrogen-bond donors (Lipinski definition) is 2. The first-order valence-corrected chi connectivity index (χ1v) is 8.31. The van der Waals surface area contributed by atoms with Crippen LogP contribution in [-0.2, 0) is 0 Å². The Kier molecular flexibility index (Phi) is 5.05. The minimum atomic E-state index is 0.0418.